The lowest BCUT2D eigenvalue weighted by Gasteiger charge is -2.42. The van der Waals surface area contributed by atoms with Crippen LogP contribution in [0.2, 0.25) is 0 Å². The summed E-state index contributed by atoms with van der Waals surface area (Å²) in [6.45, 7) is 6.72. The van der Waals surface area contributed by atoms with Gasteiger partial charge in [-0.05, 0) is 19.8 Å². The van der Waals surface area contributed by atoms with Crippen LogP contribution in [0.3, 0.4) is 0 Å². The van der Waals surface area contributed by atoms with E-state index in [9.17, 15) is 4.57 Å². The highest BCUT2D eigenvalue weighted by molar-refractivity contribution is 7.54. The molecule has 1 fully saturated rings. The smallest absolute Gasteiger partial charge is 0.303 e. The van der Waals surface area contributed by atoms with Gasteiger partial charge < -0.3 is 4.52 Å². The molecule has 0 aromatic heterocycles. The molecule has 7 heteroatoms. The van der Waals surface area contributed by atoms with Gasteiger partial charge in [-0.25, -0.2) is 9.34 Å². The minimum atomic E-state index is -2.94. The van der Waals surface area contributed by atoms with Gasteiger partial charge in [-0.15, -0.1) is 23.2 Å². The molecule has 0 saturated carbocycles. The summed E-state index contributed by atoms with van der Waals surface area (Å²) in [6, 6.07) is 0. The van der Waals surface area contributed by atoms with Crippen LogP contribution in [-0.4, -0.2) is 53.4 Å². The lowest BCUT2D eigenvalue weighted by atomic mass is 10.3. The van der Waals surface area contributed by atoms with E-state index in [2.05, 4.69) is 6.92 Å². The zero-order chi connectivity index (χ0) is 13.6. The molecule has 1 saturated heterocycles. The van der Waals surface area contributed by atoms with Gasteiger partial charge in [-0.2, -0.15) is 0 Å². The second-order valence-corrected chi connectivity index (χ2v) is 7.56. The summed E-state index contributed by atoms with van der Waals surface area (Å²) in [6.07, 6.45) is 1.90. The molecule has 108 valence electrons. The molecular weight excluding hydrogens is 294 g/mol. The number of rotatable bonds is 7. The third-order valence-corrected chi connectivity index (χ3v) is 6.20. The molecule has 0 aliphatic carbocycles. The van der Waals surface area contributed by atoms with Crippen molar-refractivity contribution in [1.29, 1.82) is 0 Å². The van der Waals surface area contributed by atoms with Crippen molar-refractivity contribution in [3.8, 4) is 0 Å². The first-order valence-corrected chi connectivity index (χ1v) is 9.09. The lowest BCUT2D eigenvalue weighted by molar-refractivity contribution is 0.112. The third kappa shape index (κ3) is 4.09. The fourth-order valence-electron chi connectivity index (χ4n) is 2.11. The quantitative estimate of drug-likeness (QED) is 0.532. The minimum Gasteiger partial charge on any atom is -0.303 e. The highest BCUT2D eigenvalue weighted by Crippen LogP contribution is 2.57. The summed E-state index contributed by atoms with van der Waals surface area (Å²) >= 11 is 11.6. The Hall–Kier alpha value is 0.690. The van der Waals surface area contributed by atoms with Gasteiger partial charge in [0.15, 0.2) is 0 Å². The van der Waals surface area contributed by atoms with Crippen LogP contribution in [0.1, 0.15) is 26.7 Å². The monoisotopic (exact) mass is 316 g/mol. The van der Waals surface area contributed by atoms with Crippen LogP contribution in [0.4, 0.5) is 0 Å². The van der Waals surface area contributed by atoms with Crippen molar-refractivity contribution >= 4 is 30.9 Å². The summed E-state index contributed by atoms with van der Waals surface area (Å²) in [7, 11) is -2.94. The molecule has 1 aliphatic heterocycles. The summed E-state index contributed by atoms with van der Waals surface area (Å²) in [4.78, 5) is 0. The van der Waals surface area contributed by atoms with E-state index in [0.29, 0.717) is 24.8 Å². The van der Waals surface area contributed by atoms with Crippen molar-refractivity contribution in [2.24, 2.45) is 0 Å². The Morgan fingerprint density at radius 3 is 2.50 bits per heavy atom. The lowest BCUT2D eigenvalue weighted by Crippen LogP contribution is -2.41. The maximum absolute atomic E-state index is 13.2. The van der Waals surface area contributed by atoms with Crippen LogP contribution in [-0.2, 0) is 9.09 Å². The van der Waals surface area contributed by atoms with Gasteiger partial charge in [-0.3, -0.25) is 4.57 Å². The fraction of sp³-hybridized carbons (Fsp3) is 1.00. The van der Waals surface area contributed by atoms with Gasteiger partial charge in [0.05, 0.1) is 6.10 Å². The van der Waals surface area contributed by atoms with E-state index in [0.717, 1.165) is 25.9 Å². The van der Waals surface area contributed by atoms with Crippen molar-refractivity contribution in [3.05, 3.63) is 0 Å². The van der Waals surface area contributed by atoms with Gasteiger partial charge in [0.2, 0.25) is 0 Å². The molecule has 0 radical (unpaired) electrons. The first-order chi connectivity index (χ1) is 8.58. The molecule has 1 aliphatic rings. The van der Waals surface area contributed by atoms with Crippen molar-refractivity contribution in [2.45, 2.75) is 32.8 Å². The van der Waals surface area contributed by atoms with E-state index in [-0.39, 0.29) is 6.10 Å². The third-order valence-electron chi connectivity index (χ3n) is 2.99. The maximum atomic E-state index is 13.2. The van der Waals surface area contributed by atoms with E-state index in [1.807, 2.05) is 16.3 Å². The first-order valence-electron chi connectivity index (χ1n) is 6.49. The molecule has 2 atom stereocenters. The molecule has 0 bridgehead atoms. The molecule has 1 rings (SSSR count). The van der Waals surface area contributed by atoms with Crippen LogP contribution in [0.5, 0.6) is 0 Å². The van der Waals surface area contributed by atoms with Crippen molar-refractivity contribution in [2.75, 3.05) is 37.9 Å². The van der Waals surface area contributed by atoms with E-state index < -0.39 is 7.67 Å². The molecule has 0 spiro atoms. The zero-order valence-electron chi connectivity index (χ0n) is 11.1. The Bertz CT molecular complexity index is 288. The molecular formula is C11H23Cl2N2O2P. The molecule has 4 nitrogen and oxygen atoms in total. The van der Waals surface area contributed by atoms with Crippen LogP contribution >= 0.6 is 30.9 Å². The van der Waals surface area contributed by atoms with E-state index in [4.69, 9.17) is 27.7 Å². The predicted octanol–water partition coefficient (Wildman–Crippen LogP) is 3.39. The SMILES string of the molecule is CCCN1CCC(C)OP1(=O)N(CCCl)CCCl. The number of hydrogen-bond donors (Lipinski definition) is 0. The molecule has 0 N–H and O–H groups in total. The second-order valence-electron chi connectivity index (χ2n) is 4.48. The van der Waals surface area contributed by atoms with Gasteiger partial charge in [0.1, 0.15) is 0 Å². The van der Waals surface area contributed by atoms with E-state index >= 15 is 0 Å². The summed E-state index contributed by atoms with van der Waals surface area (Å²) in [5.41, 5.74) is 0. The molecule has 2 unspecified atom stereocenters. The second kappa shape index (κ2) is 8.08. The maximum Gasteiger partial charge on any atom is 0.346 e. The van der Waals surface area contributed by atoms with Gasteiger partial charge in [0.25, 0.3) is 0 Å². The molecule has 18 heavy (non-hydrogen) atoms. The number of halogens is 2. The van der Waals surface area contributed by atoms with Gasteiger partial charge >= 0.3 is 7.67 Å². The summed E-state index contributed by atoms with van der Waals surface area (Å²) < 4.78 is 22.7. The van der Waals surface area contributed by atoms with Crippen LogP contribution in [0, 0.1) is 0 Å². The average molecular weight is 317 g/mol. The molecule has 0 amide bonds. The number of hydrogen-bond acceptors (Lipinski definition) is 2. The Kier molecular flexibility index (Phi) is 7.52. The van der Waals surface area contributed by atoms with Crippen molar-refractivity contribution in [1.82, 2.24) is 9.34 Å². The Balaban J connectivity index is 2.88. The van der Waals surface area contributed by atoms with Gasteiger partial charge in [-0.1, -0.05) is 6.92 Å². The van der Waals surface area contributed by atoms with E-state index in [1.54, 1.807) is 0 Å². The first kappa shape index (κ1) is 16.7. The van der Waals surface area contributed by atoms with Crippen LogP contribution < -0.4 is 0 Å². The number of nitrogens with zero attached hydrogens (tertiary/aromatic N) is 2. The van der Waals surface area contributed by atoms with E-state index in [1.165, 1.54) is 0 Å². The summed E-state index contributed by atoms with van der Waals surface area (Å²) in [5, 5.41) is 0. The summed E-state index contributed by atoms with van der Waals surface area (Å²) in [5.74, 6) is 0.858. The predicted molar refractivity (Wildman–Crippen MR) is 77.6 cm³/mol. The number of alkyl halides is 2. The van der Waals surface area contributed by atoms with Gasteiger partial charge in [0, 0.05) is 37.9 Å². The average Bonchev–Trinajstić information content (AvgIpc) is 2.33. The van der Waals surface area contributed by atoms with Crippen LogP contribution in [0.25, 0.3) is 0 Å². The molecule has 0 aromatic carbocycles. The zero-order valence-corrected chi connectivity index (χ0v) is 13.6. The van der Waals surface area contributed by atoms with Crippen molar-refractivity contribution < 1.29 is 9.09 Å². The standard InChI is InChI=1S/C11H23Cl2N2O2P/c1-3-7-14-8-4-11(2)17-18(14,16)15(9-5-12)10-6-13/h11H,3-10H2,1-2H3. The molecule has 0 aromatic rings. The Labute approximate surface area is 120 Å². The highest BCUT2D eigenvalue weighted by Gasteiger charge is 2.42. The van der Waals surface area contributed by atoms with Crippen molar-refractivity contribution in [3.63, 3.8) is 0 Å². The highest BCUT2D eigenvalue weighted by atomic mass is 35.5. The largest absolute Gasteiger partial charge is 0.346 e. The topological polar surface area (TPSA) is 32.8 Å². The normalized spacial score (nSPS) is 29.9. The fourth-order valence-corrected chi connectivity index (χ4v) is 5.48. The molecule has 1 heterocycles. The Morgan fingerprint density at radius 1 is 1.39 bits per heavy atom. The van der Waals surface area contributed by atoms with Crippen LogP contribution in [0.15, 0.2) is 0 Å². The minimum absolute atomic E-state index is 0.0251. The Morgan fingerprint density at radius 2 is 2.00 bits per heavy atom.